The van der Waals surface area contributed by atoms with Crippen LogP contribution in [0.4, 0.5) is 0 Å². The van der Waals surface area contributed by atoms with Crippen LogP contribution in [0.2, 0.25) is 0 Å². The molecule has 1 rings (SSSR count). The van der Waals surface area contributed by atoms with E-state index >= 15 is 0 Å². The van der Waals surface area contributed by atoms with Gasteiger partial charge in [-0.2, -0.15) is 0 Å². The summed E-state index contributed by atoms with van der Waals surface area (Å²) >= 11 is 2.15. The molecule has 4 nitrogen and oxygen atoms in total. The van der Waals surface area contributed by atoms with Gasteiger partial charge in [0.15, 0.2) is 0 Å². The van der Waals surface area contributed by atoms with Gasteiger partial charge in [0.1, 0.15) is 9.84 Å². The van der Waals surface area contributed by atoms with Crippen molar-refractivity contribution >= 4 is 38.3 Å². The van der Waals surface area contributed by atoms with Gasteiger partial charge in [-0.1, -0.05) is 0 Å². The molecule has 1 aromatic rings. The zero-order valence-corrected chi connectivity index (χ0v) is 11.7. The number of benzene rings is 1. The van der Waals surface area contributed by atoms with Crippen LogP contribution in [0.3, 0.4) is 0 Å². The van der Waals surface area contributed by atoms with Crippen molar-refractivity contribution in [3.8, 4) is 0 Å². The van der Waals surface area contributed by atoms with Gasteiger partial charge in [0, 0.05) is 21.9 Å². The van der Waals surface area contributed by atoms with Gasteiger partial charge in [-0.25, -0.2) is 8.42 Å². The number of amides is 1. The lowest BCUT2D eigenvalue weighted by Gasteiger charge is -2.04. The zero-order valence-electron chi connectivity index (χ0n) is 8.73. The first kappa shape index (κ1) is 13.4. The van der Waals surface area contributed by atoms with E-state index in [1.165, 1.54) is 0 Å². The Bertz CT molecular complexity index is 467. The molecule has 1 N–H and O–H groups in total. The number of nitrogens with one attached hydrogen (secondary N) is 1. The van der Waals surface area contributed by atoms with Crippen LogP contribution in [0.15, 0.2) is 24.3 Å². The molecule has 1 aromatic carbocycles. The molecule has 0 spiro atoms. The Morgan fingerprint density at radius 3 is 2.38 bits per heavy atom. The van der Waals surface area contributed by atoms with Crippen LogP contribution < -0.4 is 5.32 Å². The Hall–Kier alpha value is -0.630. The van der Waals surface area contributed by atoms with E-state index in [2.05, 4.69) is 27.9 Å². The van der Waals surface area contributed by atoms with E-state index in [1.54, 1.807) is 12.1 Å². The summed E-state index contributed by atoms with van der Waals surface area (Å²) < 4.78 is 22.7. The van der Waals surface area contributed by atoms with E-state index < -0.39 is 9.84 Å². The second-order valence-electron chi connectivity index (χ2n) is 3.39. The van der Waals surface area contributed by atoms with E-state index in [4.69, 9.17) is 0 Å². The first-order valence-corrected chi connectivity index (χ1v) is 7.74. The number of hydrogen-bond acceptors (Lipinski definition) is 3. The van der Waals surface area contributed by atoms with E-state index in [0.717, 1.165) is 9.83 Å². The largest absolute Gasteiger partial charge is 0.351 e. The zero-order chi connectivity index (χ0) is 12.2. The molecule has 0 saturated carbocycles. The number of carbonyl (C=O) groups excluding carboxylic acids is 1. The molecule has 16 heavy (non-hydrogen) atoms. The van der Waals surface area contributed by atoms with Crippen molar-refractivity contribution in [3.63, 3.8) is 0 Å². The van der Waals surface area contributed by atoms with Gasteiger partial charge in [-0.05, 0) is 46.9 Å². The minimum absolute atomic E-state index is 0.0386. The molecular weight excluding hydrogens is 341 g/mol. The number of rotatable bonds is 4. The third-order valence-electron chi connectivity index (χ3n) is 1.86. The standard InChI is InChI=1S/C10H12INO3S/c1-16(14,15)7-6-12-10(13)8-2-4-9(11)5-3-8/h2-5H,6-7H2,1H3,(H,12,13). The van der Waals surface area contributed by atoms with Gasteiger partial charge >= 0.3 is 0 Å². The van der Waals surface area contributed by atoms with Gasteiger partial charge in [0.25, 0.3) is 5.91 Å². The first-order valence-electron chi connectivity index (χ1n) is 4.60. The highest BCUT2D eigenvalue weighted by molar-refractivity contribution is 14.1. The van der Waals surface area contributed by atoms with Gasteiger partial charge in [-0.15, -0.1) is 0 Å². The van der Waals surface area contributed by atoms with Crippen LogP contribution in [0, 0.1) is 3.57 Å². The molecule has 0 aliphatic rings. The summed E-state index contributed by atoms with van der Waals surface area (Å²) in [6.45, 7) is 0.143. The summed E-state index contributed by atoms with van der Waals surface area (Å²) in [6, 6.07) is 7.06. The van der Waals surface area contributed by atoms with Gasteiger partial charge in [0.05, 0.1) is 5.75 Å². The predicted molar refractivity (Wildman–Crippen MR) is 71.2 cm³/mol. The molecule has 0 aromatic heterocycles. The second kappa shape index (κ2) is 5.62. The fourth-order valence-corrected chi connectivity index (χ4v) is 1.89. The molecule has 0 bridgehead atoms. The van der Waals surface area contributed by atoms with Gasteiger partial charge in [-0.3, -0.25) is 4.79 Å². The molecule has 0 aliphatic heterocycles. The van der Waals surface area contributed by atoms with Crippen LogP contribution in [0.1, 0.15) is 10.4 Å². The highest BCUT2D eigenvalue weighted by atomic mass is 127. The topological polar surface area (TPSA) is 63.2 Å². The lowest BCUT2D eigenvalue weighted by molar-refractivity contribution is 0.0956. The van der Waals surface area contributed by atoms with Crippen LogP contribution in [-0.2, 0) is 9.84 Å². The number of carbonyl (C=O) groups is 1. The average molecular weight is 353 g/mol. The van der Waals surface area contributed by atoms with Crippen molar-refractivity contribution in [2.45, 2.75) is 0 Å². The van der Waals surface area contributed by atoms with Crippen molar-refractivity contribution < 1.29 is 13.2 Å². The summed E-state index contributed by atoms with van der Waals surface area (Å²) in [5.74, 6) is -0.289. The van der Waals surface area contributed by atoms with Crippen molar-refractivity contribution in [2.75, 3.05) is 18.6 Å². The molecule has 0 unspecified atom stereocenters. The molecule has 88 valence electrons. The highest BCUT2D eigenvalue weighted by Crippen LogP contribution is 2.06. The molecule has 0 aliphatic carbocycles. The predicted octanol–water partition coefficient (Wildman–Crippen LogP) is 1.07. The Kier molecular flexibility index (Phi) is 4.72. The van der Waals surface area contributed by atoms with Crippen LogP contribution in [0.5, 0.6) is 0 Å². The molecule has 0 atom stereocenters. The first-order chi connectivity index (χ1) is 7.38. The van der Waals surface area contributed by atoms with Crippen molar-refractivity contribution in [2.24, 2.45) is 0 Å². The fourth-order valence-electron chi connectivity index (χ4n) is 1.05. The summed E-state index contributed by atoms with van der Waals surface area (Å²) in [5.41, 5.74) is 0.536. The summed E-state index contributed by atoms with van der Waals surface area (Å²) in [4.78, 5) is 11.5. The van der Waals surface area contributed by atoms with Crippen LogP contribution in [-0.4, -0.2) is 32.9 Å². The van der Waals surface area contributed by atoms with Gasteiger partial charge in [0.2, 0.25) is 0 Å². The van der Waals surface area contributed by atoms with Crippen LogP contribution >= 0.6 is 22.6 Å². The lowest BCUT2D eigenvalue weighted by atomic mass is 10.2. The second-order valence-corrected chi connectivity index (χ2v) is 6.90. The van der Waals surface area contributed by atoms with Crippen molar-refractivity contribution in [1.29, 1.82) is 0 Å². The lowest BCUT2D eigenvalue weighted by Crippen LogP contribution is -2.28. The Morgan fingerprint density at radius 1 is 1.31 bits per heavy atom. The summed E-state index contributed by atoms with van der Waals surface area (Å²) in [7, 11) is -3.02. The van der Waals surface area contributed by atoms with Crippen molar-refractivity contribution in [1.82, 2.24) is 5.32 Å². The quantitative estimate of drug-likeness (QED) is 0.824. The smallest absolute Gasteiger partial charge is 0.251 e. The molecular formula is C10H12INO3S. The molecule has 6 heteroatoms. The number of sulfone groups is 1. The SMILES string of the molecule is CS(=O)(=O)CCNC(=O)c1ccc(I)cc1. The van der Waals surface area contributed by atoms with E-state index in [9.17, 15) is 13.2 Å². The molecule has 1 amide bonds. The maximum absolute atomic E-state index is 11.5. The number of hydrogen-bond donors (Lipinski definition) is 1. The average Bonchev–Trinajstić information content (AvgIpc) is 2.16. The summed E-state index contributed by atoms with van der Waals surface area (Å²) in [6.07, 6.45) is 1.14. The maximum Gasteiger partial charge on any atom is 0.251 e. The number of halogens is 1. The summed E-state index contributed by atoms with van der Waals surface area (Å²) in [5, 5.41) is 2.55. The monoisotopic (exact) mass is 353 g/mol. The molecule has 0 fully saturated rings. The Balaban J connectivity index is 2.50. The normalized spacial score (nSPS) is 11.1. The van der Waals surface area contributed by atoms with E-state index in [-0.39, 0.29) is 18.2 Å². The third kappa shape index (κ3) is 4.93. The van der Waals surface area contributed by atoms with Crippen molar-refractivity contribution in [3.05, 3.63) is 33.4 Å². The minimum atomic E-state index is -3.02. The van der Waals surface area contributed by atoms with E-state index in [1.807, 2.05) is 12.1 Å². The maximum atomic E-state index is 11.5. The Labute approximate surface area is 108 Å². The molecule has 0 heterocycles. The van der Waals surface area contributed by atoms with E-state index in [0.29, 0.717) is 5.56 Å². The minimum Gasteiger partial charge on any atom is -0.351 e. The highest BCUT2D eigenvalue weighted by Gasteiger charge is 2.06. The van der Waals surface area contributed by atoms with Gasteiger partial charge < -0.3 is 5.32 Å². The third-order valence-corrected chi connectivity index (χ3v) is 3.53. The molecule has 0 saturated heterocycles. The molecule has 0 radical (unpaired) electrons. The van der Waals surface area contributed by atoms with Crippen LogP contribution in [0.25, 0.3) is 0 Å². The Morgan fingerprint density at radius 2 is 1.88 bits per heavy atom. The fraction of sp³-hybridized carbons (Fsp3) is 0.300.